The van der Waals surface area contributed by atoms with Gasteiger partial charge in [-0.3, -0.25) is 9.59 Å². The van der Waals surface area contributed by atoms with Gasteiger partial charge in [0.2, 0.25) is 11.8 Å². The molecule has 0 bridgehead atoms. The fraction of sp³-hybridized carbons (Fsp3) is 0.855. The second kappa shape index (κ2) is 37.7. The molecule has 1 saturated heterocycles. The standard InChI is InChI=1S/C55H101N3O2/c1-6-9-12-15-18-20-21-22-23-24-25-26-28-31-37-42-54(59)58(48-51(38-33-29-17-14-11-8-3)39-34-30-27-19-16-13-10-7-2)53(47-50-43-45-57(5)46-44-50)55(60)56-49(4)52-40-35-32-36-41-52/h32,35-36,40-41,49-51,53H,6-31,33-34,37-39,42-48H2,1-5H3,(H,56,60). The topological polar surface area (TPSA) is 52.7 Å². The van der Waals surface area contributed by atoms with Crippen molar-refractivity contribution in [2.45, 2.75) is 265 Å². The van der Waals surface area contributed by atoms with Gasteiger partial charge in [0.15, 0.2) is 0 Å². The van der Waals surface area contributed by atoms with Crippen molar-refractivity contribution in [1.29, 1.82) is 0 Å². The first-order valence-electron chi connectivity index (χ1n) is 26.7. The molecule has 1 heterocycles. The van der Waals surface area contributed by atoms with Gasteiger partial charge in [0.05, 0.1) is 6.04 Å². The largest absolute Gasteiger partial charge is 0.348 e. The van der Waals surface area contributed by atoms with Gasteiger partial charge in [-0.2, -0.15) is 0 Å². The number of hydrogen-bond donors (Lipinski definition) is 1. The molecule has 3 unspecified atom stereocenters. The molecule has 5 nitrogen and oxygen atoms in total. The Morgan fingerprint density at radius 1 is 0.600 bits per heavy atom. The summed E-state index contributed by atoms with van der Waals surface area (Å²) in [7, 11) is 2.22. The van der Waals surface area contributed by atoms with Gasteiger partial charge in [-0.1, -0.05) is 231 Å². The summed E-state index contributed by atoms with van der Waals surface area (Å²) < 4.78 is 0. The van der Waals surface area contributed by atoms with E-state index in [2.05, 4.69) is 74.1 Å². The van der Waals surface area contributed by atoms with Crippen molar-refractivity contribution >= 4 is 11.8 Å². The van der Waals surface area contributed by atoms with Crippen molar-refractivity contribution < 1.29 is 9.59 Å². The molecule has 5 heteroatoms. The summed E-state index contributed by atoms with van der Waals surface area (Å²) in [4.78, 5) is 33.9. The summed E-state index contributed by atoms with van der Waals surface area (Å²) in [6, 6.07) is 9.86. The van der Waals surface area contributed by atoms with E-state index in [-0.39, 0.29) is 17.9 Å². The van der Waals surface area contributed by atoms with Crippen LogP contribution >= 0.6 is 0 Å². The monoisotopic (exact) mass is 836 g/mol. The van der Waals surface area contributed by atoms with Crippen LogP contribution in [0.25, 0.3) is 0 Å². The third-order valence-electron chi connectivity index (χ3n) is 13.9. The Kier molecular flexibility index (Phi) is 34.0. The zero-order valence-corrected chi connectivity index (χ0v) is 40.8. The van der Waals surface area contributed by atoms with Gasteiger partial charge in [-0.25, -0.2) is 0 Å². The average Bonchev–Trinajstić information content (AvgIpc) is 3.26. The van der Waals surface area contributed by atoms with Crippen molar-refractivity contribution in [2.75, 3.05) is 26.7 Å². The Balaban J connectivity index is 2.13. The van der Waals surface area contributed by atoms with Crippen LogP contribution in [0.4, 0.5) is 0 Å². The first-order valence-corrected chi connectivity index (χ1v) is 26.7. The lowest BCUT2D eigenvalue weighted by Gasteiger charge is -2.38. The fourth-order valence-electron chi connectivity index (χ4n) is 9.70. The average molecular weight is 836 g/mol. The van der Waals surface area contributed by atoms with Crippen molar-refractivity contribution in [3.05, 3.63) is 35.9 Å². The van der Waals surface area contributed by atoms with Crippen LogP contribution in [0.2, 0.25) is 0 Å². The van der Waals surface area contributed by atoms with Crippen LogP contribution < -0.4 is 5.32 Å². The van der Waals surface area contributed by atoms with E-state index in [0.29, 0.717) is 18.3 Å². The maximum atomic E-state index is 14.7. The number of rotatable bonds is 40. The van der Waals surface area contributed by atoms with Gasteiger partial charge in [-0.05, 0) is 83.0 Å². The Morgan fingerprint density at radius 2 is 1.00 bits per heavy atom. The third-order valence-corrected chi connectivity index (χ3v) is 13.9. The quantitative estimate of drug-likeness (QED) is 0.0670. The number of nitrogens with zero attached hydrogens (tertiary/aromatic N) is 2. The summed E-state index contributed by atoms with van der Waals surface area (Å²) in [5.41, 5.74) is 1.12. The zero-order chi connectivity index (χ0) is 43.3. The molecule has 3 atom stereocenters. The van der Waals surface area contributed by atoms with E-state index in [4.69, 9.17) is 0 Å². The molecule has 1 aliphatic heterocycles. The van der Waals surface area contributed by atoms with Crippen molar-refractivity contribution in [2.24, 2.45) is 11.8 Å². The minimum absolute atomic E-state index is 0.0560. The molecular formula is C55H101N3O2. The molecule has 1 N–H and O–H groups in total. The Morgan fingerprint density at radius 3 is 1.43 bits per heavy atom. The van der Waals surface area contributed by atoms with Crippen molar-refractivity contribution in [3.63, 3.8) is 0 Å². The van der Waals surface area contributed by atoms with Gasteiger partial charge in [-0.15, -0.1) is 0 Å². The van der Waals surface area contributed by atoms with E-state index in [1.54, 1.807) is 0 Å². The molecule has 0 radical (unpaired) electrons. The van der Waals surface area contributed by atoms with Gasteiger partial charge in [0, 0.05) is 13.0 Å². The lowest BCUT2D eigenvalue weighted by molar-refractivity contribution is -0.142. The molecule has 0 aromatic heterocycles. The lowest BCUT2D eigenvalue weighted by atomic mass is 9.87. The van der Waals surface area contributed by atoms with Gasteiger partial charge >= 0.3 is 0 Å². The highest BCUT2D eigenvalue weighted by molar-refractivity contribution is 5.88. The van der Waals surface area contributed by atoms with Crippen molar-refractivity contribution in [3.8, 4) is 0 Å². The third kappa shape index (κ3) is 27.2. The molecule has 1 aliphatic rings. The molecule has 0 spiro atoms. The molecule has 60 heavy (non-hydrogen) atoms. The first-order chi connectivity index (χ1) is 29.4. The molecular weight excluding hydrogens is 735 g/mol. The second-order valence-electron chi connectivity index (χ2n) is 19.6. The molecule has 348 valence electrons. The minimum Gasteiger partial charge on any atom is -0.348 e. The van der Waals surface area contributed by atoms with E-state index in [1.165, 1.54) is 186 Å². The Hall–Kier alpha value is -1.88. The van der Waals surface area contributed by atoms with Crippen LogP contribution in [0.3, 0.4) is 0 Å². The number of hydrogen-bond acceptors (Lipinski definition) is 3. The van der Waals surface area contributed by atoms with E-state index in [1.807, 2.05) is 6.07 Å². The highest BCUT2D eigenvalue weighted by Gasteiger charge is 2.35. The van der Waals surface area contributed by atoms with E-state index in [0.717, 1.165) is 57.3 Å². The molecule has 1 fully saturated rings. The zero-order valence-electron chi connectivity index (χ0n) is 40.8. The maximum Gasteiger partial charge on any atom is 0.243 e. The number of amides is 2. The van der Waals surface area contributed by atoms with Gasteiger partial charge < -0.3 is 15.1 Å². The summed E-state index contributed by atoms with van der Waals surface area (Å²) >= 11 is 0. The number of nitrogens with one attached hydrogen (secondary N) is 1. The highest BCUT2D eigenvalue weighted by atomic mass is 16.2. The molecule has 0 saturated carbocycles. The number of piperidine rings is 1. The fourth-order valence-corrected chi connectivity index (χ4v) is 9.70. The van der Waals surface area contributed by atoms with Gasteiger partial charge in [0.25, 0.3) is 0 Å². The van der Waals surface area contributed by atoms with E-state index in [9.17, 15) is 9.59 Å². The predicted octanol–water partition coefficient (Wildman–Crippen LogP) is 16.0. The normalized spacial score (nSPS) is 15.2. The SMILES string of the molecule is CCCCCCCCCCCCCCCCCC(=O)N(CC(CCCCCCCC)CCCCCCCCCC)C(CC1CCN(C)CC1)C(=O)NC(C)c1ccccc1. The number of carbonyl (C=O) groups excluding carboxylic acids is 2. The van der Waals surface area contributed by atoms with Gasteiger partial charge in [0.1, 0.15) is 6.04 Å². The summed E-state index contributed by atoms with van der Waals surface area (Å²) in [5, 5.41) is 3.43. The van der Waals surface area contributed by atoms with Crippen LogP contribution in [0, 0.1) is 11.8 Å². The summed E-state index contributed by atoms with van der Waals surface area (Å²) in [6.45, 7) is 11.9. The van der Waals surface area contributed by atoms with Crippen LogP contribution in [-0.2, 0) is 9.59 Å². The Labute approximate surface area is 374 Å². The predicted molar refractivity (Wildman–Crippen MR) is 262 cm³/mol. The van der Waals surface area contributed by atoms with E-state index >= 15 is 0 Å². The molecule has 2 amide bonds. The maximum absolute atomic E-state index is 14.7. The number of benzene rings is 1. The molecule has 2 rings (SSSR count). The molecule has 0 aliphatic carbocycles. The summed E-state index contributed by atoms with van der Waals surface area (Å²) in [6.07, 6.45) is 44.2. The first kappa shape index (κ1) is 54.3. The number of likely N-dealkylation sites (tertiary alicyclic amines) is 1. The number of carbonyl (C=O) groups is 2. The molecule has 1 aromatic carbocycles. The number of unbranched alkanes of at least 4 members (excludes halogenated alkanes) is 26. The van der Waals surface area contributed by atoms with Crippen LogP contribution in [0.5, 0.6) is 0 Å². The van der Waals surface area contributed by atoms with Crippen molar-refractivity contribution in [1.82, 2.24) is 15.1 Å². The van der Waals surface area contributed by atoms with Crippen LogP contribution in [-0.4, -0.2) is 54.3 Å². The summed E-state index contributed by atoms with van der Waals surface area (Å²) in [5.74, 6) is 1.21. The van der Waals surface area contributed by atoms with E-state index < -0.39 is 6.04 Å². The smallest absolute Gasteiger partial charge is 0.243 e. The minimum atomic E-state index is -0.404. The van der Waals surface area contributed by atoms with Crippen LogP contribution in [0.15, 0.2) is 30.3 Å². The van der Waals surface area contributed by atoms with Crippen LogP contribution in [0.1, 0.15) is 264 Å². The second-order valence-corrected chi connectivity index (χ2v) is 19.6. The molecule has 1 aromatic rings. The lowest BCUT2D eigenvalue weighted by Crippen LogP contribution is -2.52. The highest BCUT2D eigenvalue weighted by Crippen LogP contribution is 2.28. The Bertz CT molecular complexity index is 1120.